The van der Waals surface area contributed by atoms with Gasteiger partial charge in [0.2, 0.25) is 5.95 Å². The van der Waals surface area contributed by atoms with Gasteiger partial charge < -0.3 is 0 Å². The molecule has 57 heavy (non-hydrogen) atoms. The molecule has 0 amide bonds. The summed E-state index contributed by atoms with van der Waals surface area (Å²) in [6.07, 6.45) is 22.2. The molecular formula is C53H41N3S. The van der Waals surface area contributed by atoms with Crippen LogP contribution in [0.5, 0.6) is 0 Å². The van der Waals surface area contributed by atoms with Crippen molar-refractivity contribution in [2.75, 3.05) is 0 Å². The van der Waals surface area contributed by atoms with Crippen LogP contribution < -0.4 is 0 Å². The summed E-state index contributed by atoms with van der Waals surface area (Å²) in [4.78, 5) is 11.4. The van der Waals surface area contributed by atoms with Crippen LogP contribution in [0.4, 0.5) is 0 Å². The first-order chi connectivity index (χ1) is 28.0. The molecule has 4 aliphatic carbocycles. The quantitative estimate of drug-likeness (QED) is 0.168. The van der Waals surface area contributed by atoms with E-state index in [9.17, 15) is 0 Å². The van der Waals surface area contributed by atoms with Gasteiger partial charge in [0.05, 0.1) is 22.3 Å². The lowest BCUT2D eigenvalue weighted by atomic mass is 9.62. The maximum atomic E-state index is 5.79. The van der Waals surface area contributed by atoms with E-state index in [0.29, 0.717) is 5.92 Å². The molecule has 5 atom stereocenters. The summed E-state index contributed by atoms with van der Waals surface area (Å²) in [5.41, 5.74) is 12.0. The molecule has 3 nitrogen and oxygen atoms in total. The van der Waals surface area contributed by atoms with Gasteiger partial charge in [0.15, 0.2) is 0 Å². The number of fused-ring (bicyclic) bond motifs is 10. The molecular weight excluding hydrogens is 711 g/mol. The molecule has 1 aliphatic heterocycles. The predicted octanol–water partition coefficient (Wildman–Crippen LogP) is 12.3. The van der Waals surface area contributed by atoms with Crippen LogP contribution in [0.3, 0.4) is 0 Å². The van der Waals surface area contributed by atoms with Crippen LogP contribution in [0.2, 0.25) is 0 Å². The zero-order chi connectivity index (χ0) is 37.9. The van der Waals surface area contributed by atoms with Crippen molar-refractivity contribution < 1.29 is 0 Å². The van der Waals surface area contributed by atoms with Crippen LogP contribution in [0.1, 0.15) is 64.5 Å². The van der Waals surface area contributed by atoms with Crippen LogP contribution in [-0.2, 0) is 17.3 Å². The summed E-state index contributed by atoms with van der Waals surface area (Å²) in [6, 6.07) is 45.0. The molecule has 0 saturated carbocycles. The topological polar surface area (TPSA) is 30.7 Å². The Morgan fingerprint density at radius 3 is 2.25 bits per heavy atom. The molecule has 0 bridgehead atoms. The minimum atomic E-state index is -0.383. The lowest BCUT2D eigenvalue weighted by Crippen LogP contribution is -2.35. The highest BCUT2D eigenvalue weighted by Gasteiger charge is 2.54. The van der Waals surface area contributed by atoms with Crippen LogP contribution >= 0.6 is 11.8 Å². The minimum Gasteiger partial charge on any atom is -0.278 e. The van der Waals surface area contributed by atoms with Crippen molar-refractivity contribution in [2.45, 2.75) is 47.3 Å². The average molecular weight is 752 g/mol. The number of thioether (sulfide) groups is 1. The molecule has 0 spiro atoms. The van der Waals surface area contributed by atoms with Crippen LogP contribution in [0.25, 0.3) is 39.3 Å². The maximum Gasteiger partial charge on any atom is 0.236 e. The molecule has 12 rings (SSSR count). The molecule has 0 saturated heterocycles. The van der Waals surface area contributed by atoms with Crippen LogP contribution in [0, 0.1) is 11.8 Å². The molecule has 5 unspecified atom stereocenters. The monoisotopic (exact) mass is 751 g/mol. The number of benzene rings is 5. The molecule has 274 valence electrons. The minimum absolute atomic E-state index is 0.129. The first-order valence-corrected chi connectivity index (χ1v) is 21.2. The Bertz CT molecular complexity index is 2920. The highest BCUT2D eigenvalue weighted by atomic mass is 32.2. The Morgan fingerprint density at radius 2 is 1.46 bits per heavy atom. The van der Waals surface area contributed by atoms with E-state index in [0.717, 1.165) is 23.1 Å². The summed E-state index contributed by atoms with van der Waals surface area (Å²) >= 11 is 1.89. The first kappa shape index (κ1) is 33.2. The number of allylic oxidation sites excluding steroid dienone is 8. The smallest absolute Gasteiger partial charge is 0.236 e. The molecule has 2 aromatic heterocycles. The van der Waals surface area contributed by atoms with E-state index in [2.05, 4.69) is 194 Å². The average Bonchev–Trinajstić information content (AvgIpc) is 3.85. The van der Waals surface area contributed by atoms with Gasteiger partial charge in [-0.15, -0.1) is 0 Å². The Hall–Kier alpha value is -5.97. The van der Waals surface area contributed by atoms with Crippen molar-refractivity contribution in [1.82, 2.24) is 14.5 Å². The number of hydrogen-bond donors (Lipinski definition) is 0. The van der Waals surface area contributed by atoms with Crippen LogP contribution in [-0.4, -0.2) is 19.8 Å². The standard InChI is InChI=1S/C53H41N3S/c1-33-24-27-45-41(29-33)42-30-34-15-9-10-16-35(34)32-46(42)56(45)51-54-49(48-50(55-51)57-47-23-13-14-28-52(47,48)2)36-25-26-40-39-21-11-12-22-43(39)53(44(40)31-36,37-17-5-3-6-18-37)38-19-7-4-8-20-38/h3-28,30-33,40,44,47H,29H2,1-2H3. The Kier molecular flexibility index (Phi) is 7.14. The van der Waals surface area contributed by atoms with E-state index in [1.165, 1.54) is 66.3 Å². The number of rotatable bonds is 4. The van der Waals surface area contributed by atoms with Crippen molar-refractivity contribution in [2.24, 2.45) is 11.8 Å². The third-order valence-electron chi connectivity index (χ3n) is 13.6. The number of nitrogens with zero attached hydrogens (tertiary/aromatic N) is 3. The van der Waals surface area contributed by atoms with Crippen molar-refractivity contribution in [3.8, 4) is 5.95 Å². The summed E-state index contributed by atoms with van der Waals surface area (Å²) in [6.45, 7) is 4.70. The zero-order valence-corrected chi connectivity index (χ0v) is 32.8. The van der Waals surface area contributed by atoms with Gasteiger partial charge in [0.25, 0.3) is 0 Å². The van der Waals surface area contributed by atoms with E-state index in [1.54, 1.807) is 0 Å². The van der Waals surface area contributed by atoms with Gasteiger partial charge in [-0.1, -0.05) is 183 Å². The number of hydrogen-bond acceptors (Lipinski definition) is 3. The van der Waals surface area contributed by atoms with Crippen molar-refractivity contribution in [3.05, 3.63) is 215 Å². The third-order valence-corrected chi connectivity index (χ3v) is 15.0. The lowest BCUT2D eigenvalue weighted by molar-refractivity contribution is 0.458. The molecule has 0 N–H and O–H groups in total. The van der Waals surface area contributed by atoms with Gasteiger partial charge >= 0.3 is 0 Å². The molecule has 5 aliphatic rings. The molecule has 0 fully saturated rings. The lowest BCUT2D eigenvalue weighted by Gasteiger charge is -2.39. The molecule has 4 heteroatoms. The van der Waals surface area contributed by atoms with Crippen LogP contribution in [0.15, 0.2) is 175 Å². The highest BCUT2D eigenvalue weighted by Crippen LogP contribution is 2.61. The van der Waals surface area contributed by atoms with Crippen molar-refractivity contribution in [3.63, 3.8) is 0 Å². The SMILES string of the molecule is CC1C=Cc2c(c3cc4ccccc4cc3n2-c2nc3c(c(C4=CC5C(C=C4)c4ccccc4C5(c4ccccc4)c4ccccc4)n2)C2(C)C=CC=CC2S3)C1. The van der Waals surface area contributed by atoms with E-state index >= 15 is 0 Å². The summed E-state index contributed by atoms with van der Waals surface area (Å²) in [7, 11) is 0. The maximum absolute atomic E-state index is 5.79. The van der Waals surface area contributed by atoms with Gasteiger partial charge in [-0.25, -0.2) is 9.97 Å². The van der Waals surface area contributed by atoms with Gasteiger partial charge in [-0.3, -0.25) is 4.57 Å². The fraction of sp³-hybridized carbons (Fsp3) is 0.170. The van der Waals surface area contributed by atoms with E-state index in [1.807, 2.05) is 11.8 Å². The van der Waals surface area contributed by atoms with Gasteiger partial charge in [0.1, 0.15) is 5.03 Å². The second kappa shape index (κ2) is 12.3. The molecule has 7 aromatic rings. The third kappa shape index (κ3) is 4.62. The van der Waals surface area contributed by atoms with Crippen molar-refractivity contribution in [1.29, 1.82) is 0 Å². The Labute approximate surface area is 337 Å². The van der Waals surface area contributed by atoms with Gasteiger partial charge in [-0.05, 0) is 74.7 Å². The fourth-order valence-corrected chi connectivity index (χ4v) is 12.4. The summed E-state index contributed by atoms with van der Waals surface area (Å²) in [5, 5.41) is 5.10. The largest absolute Gasteiger partial charge is 0.278 e. The highest BCUT2D eigenvalue weighted by molar-refractivity contribution is 8.00. The number of aromatic nitrogens is 3. The Balaban J connectivity index is 1.13. The summed E-state index contributed by atoms with van der Waals surface area (Å²) < 4.78 is 2.36. The van der Waals surface area contributed by atoms with E-state index in [-0.39, 0.29) is 27.9 Å². The van der Waals surface area contributed by atoms with Gasteiger partial charge in [-0.2, -0.15) is 0 Å². The molecule has 5 aromatic carbocycles. The Morgan fingerprint density at radius 1 is 0.737 bits per heavy atom. The second-order valence-corrected chi connectivity index (χ2v) is 17.9. The zero-order valence-electron chi connectivity index (χ0n) is 32.0. The second-order valence-electron chi connectivity index (χ2n) is 16.7. The van der Waals surface area contributed by atoms with Crippen molar-refractivity contribution >= 4 is 45.1 Å². The fourth-order valence-electron chi connectivity index (χ4n) is 11.0. The first-order valence-electron chi connectivity index (χ1n) is 20.3. The molecule has 3 heterocycles. The predicted molar refractivity (Wildman–Crippen MR) is 236 cm³/mol. The van der Waals surface area contributed by atoms with E-state index < -0.39 is 0 Å². The summed E-state index contributed by atoms with van der Waals surface area (Å²) in [5.74, 6) is 1.56. The normalized spacial score (nSPS) is 24.6. The van der Waals surface area contributed by atoms with Gasteiger partial charge in [0, 0.05) is 33.5 Å². The van der Waals surface area contributed by atoms with E-state index in [4.69, 9.17) is 9.97 Å². The molecule has 0 radical (unpaired) electrons.